The first-order valence-electron chi connectivity index (χ1n) is 7.05. The van der Waals surface area contributed by atoms with Crippen LogP contribution in [0, 0.1) is 17.0 Å². The molecule has 114 valence electrons. The number of hydrogen-bond acceptors (Lipinski definition) is 4. The second kappa shape index (κ2) is 5.88. The summed E-state index contributed by atoms with van der Waals surface area (Å²) in [6, 6.07) is 16.7. The van der Waals surface area contributed by atoms with E-state index in [-0.39, 0.29) is 11.4 Å². The van der Waals surface area contributed by atoms with Crippen molar-refractivity contribution >= 4 is 28.4 Å². The van der Waals surface area contributed by atoms with Gasteiger partial charge < -0.3 is 5.11 Å². The van der Waals surface area contributed by atoms with Crippen LogP contribution in [-0.2, 0) is 0 Å². The van der Waals surface area contributed by atoms with Crippen molar-refractivity contribution in [3.8, 4) is 5.75 Å². The lowest BCUT2D eigenvalue weighted by molar-refractivity contribution is -0.385. The minimum atomic E-state index is -0.601. The lowest BCUT2D eigenvalue weighted by Crippen LogP contribution is -1.93. The number of fused-ring (bicyclic) bond motifs is 1. The molecule has 0 heterocycles. The molecule has 3 rings (SSSR count). The molecule has 5 nitrogen and oxygen atoms in total. The van der Waals surface area contributed by atoms with Crippen LogP contribution in [0.25, 0.3) is 10.8 Å². The third-order valence-electron chi connectivity index (χ3n) is 3.55. The highest BCUT2D eigenvalue weighted by Crippen LogP contribution is 2.30. The van der Waals surface area contributed by atoms with E-state index in [1.807, 2.05) is 42.5 Å². The summed E-state index contributed by atoms with van der Waals surface area (Å²) in [6.45, 7) is 1.74. The first-order valence-corrected chi connectivity index (χ1v) is 7.05. The van der Waals surface area contributed by atoms with E-state index in [1.54, 1.807) is 13.0 Å². The smallest absolute Gasteiger partial charge is 0.311 e. The van der Waals surface area contributed by atoms with Gasteiger partial charge >= 0.3 is 5.69 Å². The highest BCUT2D eigenvalue weighted by Gasteiger charge is 2.16. The van der Waals surface area contributed by atoms with Crippen molar-refractivity contribution in [2.45, 2.75) is 6.92 Å². The maximum atomic E-state index is 10.9. The molecule has 0 radical (unpaired) electrons. The number of nitro benzene ring substituents is 1. The summed E-state index contributed by atoms with van der Waals surface area (Å²) in [5.41, 5.74) is 1.41. The first kappa shape index (κ1) is 14.7. The number of benzene rings is 3. The van der Waals surface area contributed by atoms with Gasteiger partial charge in [-0.05, 0) is 41.5 Å². The average molecular weight is 306 g/mol. The van der Waals surface area contributed by atoms with Crippen LogP contribution < -0.4 is 0 Å². The highest BCUT2D eigenvalue weighted by atomic mass is 16.6. The molecule has 0 atom stereocenters. The number of hydrogen-bond donors (Lipinski definition) is 1. The molecule has 0 bridgehead atoms. The molecule has 0 unspecified atom stereocenters. The minimum Gasteiger partial charge on any atom is -0.502 e. The molecule has 3 aromatic rings. The molecule has 23 heavy (non-hydrogen) atoms. The zero-order chi connectivity index (χ0) is 16.4. The quantitative estimate of drug-likeness (QED) is 0.439. The van der Waals surface area contributed by atoms with Crippen molar-refractivity contribution in [1.29, 1.82) is 0 Å². The van der Waals surface area contributed by atoms with E-state index in [4.69, 9.17) is 0 Å². The topological polar surface area (TPSA) is 75.7 Å². The number of phenolic OH excluding ortho intramolecular Hbond substituents is 1. The summed E-state index contributed by atoms with van der Waals surface area (Å²) in [7, 11) is 0. The molecule has 3 aromatic carbocycles. The average Bonchev–Trinajstić information content (AvgIpc) is 2.55. The molecular formula is C18H14N2O3. The number of aromatic hydroxyl groups is 1. The summed E-state index contributed by atoms with van der Waals surface area (Å²) in [6.07, 6.45) is 1.44. The molecule has 0 aliphatic rings. The Hall–Kier alpha value is -3.21. The number of nitro groups is 1. The molecule has 0 fully saturated rings. The fourth-order valence-electron chi connectivity index (χ4n) is 2.43. The Morgan fingerprint density at radius 2 is 1.83 bits per heavy atom. The monoisotopic (exact) mass is 306 g/mol. The van der Waals surface area contributed by atoms with Crippen molar-refractivity contribution in [2.24, 2.45) is 4.99 Å². The van der Waals surface area contributed by atoms with Crippen LogP contribution in [0.5, 0.6) is 5.75 Å². The lowest BCUT2D eigenvalue weighted by atomic mass is 10.1. The van der Waals surface area contributed by atoms with Crippen LogP contribution in [0.15, 0.2) is 59.6 Å². The van der Waals surface area contributed by atoms with Gasteiger partial charge in [-0.1, -0.05) is 30.3 Å². The Morgan fingerprint density at radius 3 is 2.57 bits per heavy atom. The fourth-order valence-corrected chi connectivity index (χ4v) is 2.43. The summed E-state index contributed by atoms with van der Waals surface area (Å²) in [5.74, 6) is -0.370. The van der Waals surface area contributed by atoms with E-state index >= 15 is 0 Å². The predicted molar refractivity (Wildman–Crippen MR) is 90.7 cm³/mol. The number of aliphatic imine (C=N–C) groups is 1. The normalized spacial score (nSPS) is 11.2. The summed E-state index contributed by atoms with van der Waals surface area (Å²) >= 11 is 0. The van der Waals surface area contributed by atoms with Crippen molar-refractivity contribution in [3.63, 3.8) is 0 Å². The Kier molecular flexibility index (Phi) is 3.76. The Morgan fingerprint density at radius 1 is 1.09 bits per heavy atom. The maximum absolute atomic E-state index is 10.9. The Balaban J connectivity index is 2.00. The SMILES string of the molecule is Cc1cc(C=Nc2ccc3ccccc3c2)c(O)c([N+](=O)[O-])c1. The van der Waals surface area contributed by atoms with Crippen molar-refractivity contribution in [3.05, 3.63) is 75.8 Å². The van der Waals surface area contributed by atoms with Gasteiger partial charge in [0.05, 0.1) is 10.6 Å². The Bertz CT molecular complexity index is 933. The zero-order valence-corrected chi connectivity index (χ0v) is 12.4. The molecule has 1 N–H and O–H groups in total. The lowest BCUT2D eigenvalue weighted by Gasteiger charge is -2.03. The molecule has 0 aliphatic carbocycles. The number of nitrogens with zero attached hydrogens (tertiary/aromatic N) is 2. The highest BCUT2D eigenvalue weighted by molar-refractivity contribution is 5.90. The molecular weight excluding hydrogens is 292 g/mol. The second-order valence-corrected chi connectivity index (χ2v) is 5.27. The minimum absolute atomic E-state index is 0.315. The van der Waals surface area contributed by atoms with Gasteiger partial charge in [-0.3, -0.25) is 15.1 Å². The standard InChI is InChI=1S/C18H14N2O3/c1-12-8-15(18(21)17(9-12)20(22)23)11-19-16-7-6-13-4-2-3-5-14(13)10-16/h2-11,21H,1H3. The van der Waals surface area contributed by atoms with E-state index in [2.05, 4.69) is 4.99 Å². The van der Waals surface area contributed by atoms with Crippen LogP contribution in [0.4, 0.5) is 11.4 Å². The molecule has 0 spiro atoms. The van der Waals surface area contributed by atoms with E-state index in [0.29, 0.717) is 16.8 Å². The largest absolute Gasteiger partial charge is 0.502 e. The Labute approximate surface area is 132 Å². The number of rotatable bonds is 3. The van der Waals surface area contributed by atoms with Gasteiger partial charge in [0.1, 0.15) is 0 Å². The van der Waals surface area contributed by atoms with Crippen molar-refractivity contribution in [1.82, 2.24) is 0 Å². The second-order valence-electron chi connectivity index (χ2n) is 5.27. The van der Waals surface area contributed by atoms with E-state index in [1.165, 1.54) is 12.3 Å². The van der Waals surface area contributed by atoms with Crippen LogP contribution in [0.2, 0.25) is 0 Å². The van der Waals surface area contributed by atoms with Gasteiger partial charge in [-0.25, -0.2) is 0 Å². The van der Waals surface area contributed by atoms with Crippen LogP contribution in [-0.4, -0.2) is 16.2 Å². The van der Waals surface area contributed by atoms with Crippen LogP contribution in [0.1, 0.15) is 11.1 Å². The van der Waals surface area contributed by atoms with E-state index in [0.717, 1.165) is 10.8 Å². The fraction of sp³-hybridized carbons (Fsp3) is 0.0556. The molecule has 5 heteroatoms. The van der Waals surface area contributed by atoms with E-state index in [9.17, 15) is 15.2 Å². The van der Waals surface area contributed by atoms with Gasteiger partial charge in [-0.15, -0.1) is 0 Å². The first-order chi connectivity index (χ1) is 11.0. The van der Waals surface area contributed by atoms with Gasteiger partial charge in [0.2, 0.25) is 5.75 Å². The maximum Gasteiger partial charge on any atom is 0.311 e. The van der Waals surface area contributed by atoms with Gasteiger partial charge in [0, 0.05) is 17.8 Å². The van der Waals surface area contributed by atoms with Crippen molar-refractivity contribution in [2.75, 3.05) is 0 Å². The van der Waals surface area contributed by atoms with Crippen LogP contribution >= 0.6 is 0 Å². The number of aryl methyl sites for hydroxylation is 1. The van der Waals surface area contributed by atoms with Gasteiger partial charge in [0.15, 0.2) is 0 Å². The molecule has 0 aliphatic heterocycles. The molecule has 0 saturated heterocycles. The summed E-state index contributed by atoms with van der Waals surface area (Å²) in [5, 5.41) is 23.1. The van der Waals surface area contributed by atoms with E-state index < -0.39 is 4.92 Å². The van der Waals surface area contributed by atoms with Crippen molar-refractivity contribution < 1.29 is 10.0 Å². The zero-order valence-electron chi connectivity index (χ0n) is 12.4. The molecule has 0 aromatic heterocycles. The third-order valence-corrected chi connectivity index (χ3v) is 3.55. The summed E-state index contributed by atoms with van der Waals surface area (Å²) < 4.78 is 0. The molecule has 0 saturated carbocycles. The van der Waals surface area contributed by atoms with Gasteiger partial charge in [0.25, 0.3) is 0 Å². The van der Waals surface area contributed by atoms with Gasteiger partial charge in [-0.2, -0.15) is 0 Å². The third kappa shape index (κ3) is 3.03. The predicted octanol–water partition coefficient (Wildman–Crippen LogP) is 4.51. The summed E-state index contributed by atoms with van der Waals surface area (Å²) in [4.78, 5) is 14.7. The van der Waals surface area contributed by atoms with Crippen LogP contribution in [0.3, 0.4) is 0 Å². The number of phenols is 1. The molecule has 0 amide bonds.